The predicted molar refractivity (Wildman–Crippen MR) is 74.9 cm³/mol. The van der Waals surface area contributed by atoms with Gasteiger partial charge in [0.1, 0.15) is 10.6 Å². The SMILES string of the molecule is CCSCCCSc1nc(=O)[nH]c(C)c1C(=O)O. The number of aromatic nitrogens is 2. The smallest absolute Gasteiger partial charge is 0.346 e. The third-order valence-electron chi connectivity index (χ3n) is 2.18. The summed E-state index contributed by atoms with van der Waals surface area (Å²) in [6, 6.07) is 0. The summed E-state index contributed by atoms with van der Waals surface area (Å²) in [4.78, 5) is 28.5. The molecule has 1 rings (SSSR count). The van der Waals surface area contributed by atoms with Crippen LogP contribution >= 0.6 is 23.5 Å². The van der Waals surface area contributed by atoms with E-state index in [4.69, 9.17) is 5.11 Å². The van der Waals surface area contributed by atoms with Crippen molar-refractivity contribution < 1.29 is 9.90 Å². The molecule has 5 nitrogen and oxygen atoms in total. The molecule has 0 saturated heterocycles. The molecule has 7 heteroatoms. The lowest BCUT2D eigenvalue weighted by Crippen LogP contribution is -2.18. The minimum Gasteiger partial charge on any atom is -0.478 e. The molecule has 1 aromatic heterocycles. The highest BCUT2D eigenvalue weighted by atomic mass is 32.2. The van der Waals surface area contributed by atoms with Crippen LogP contribution in [0.4, 0.5) is 0 Å². The lowest BCUT2D eigenvalue weighted by atomic mass is 10.2. The molecule has 0 aliphatic rings. The number of hydrogen-bond acceptors (Lipinski definition) is 5. The Hall–Kier alpha value is -0.950. The summed E-state index contributed by atoms with van der Waals surface area (Å²) in [5.41, 5.74) is -0.0430. The van der Waals surface area contributed by atoms with Gasteiger partial charge in [0.05, 0.1) is 0 Å². The van der Waals surface area contributed by atoms with Crippen molar-refractivity contribution in [2.45, 2.75) is 25.3 Å². The summed E-state index contributed by atoms with van der Waals surface area (Å²) >= 11 is 3.17. The molecule has 0 unspecified atom stereocenters. The third kappa shape index (κ3) is 4.38. The van der Waals surface area contributed by atoms with Gasteiger partial charge >= 0.3 is 11.7 Å². The van der Waals surface area contributed by atoms with Gasteiger partial charge in [0, 0.05) is 11.4 Å². The average Bonchev–Trinajstić information content (AvgIpc) is 2.27. The number of carboxylic acid groups (broad SMARTS) is 1. The Labute approximate surface area is 114 Å². The third-order valence-corrected chi connectivity index (χ3v) is 4.22. The highest BCUT2D eigenvalue weighted by Gasteiger charge is 2.16. The van der Waals surface area contributed by atoms with Gasteiger partial charge in [0.15, 0.2) is 0 Å². The number of H-pyrrole nitrogens is 1. The van der Waals surface area contributed by atoms with Crippen LogP contribution in [0.2, 0.25) is 0 Å². The minimum absolute atomic E-state index is 0.0998. The largest absolute Gasteiger partial charge is 0.478 e. The standard InChI is InChI=1S/C11H16N2O3S2/c1-3-17-5-4-6-18-9-8(10(14)15)7(2)12-11(16)13-9/h3-6H2,1-2H3,(H,14,15)(H,12,13,16). The number of aryl methyl sites for hydroxylation is 1. The molecule has 0 aliphatic carbocycles. The van der Waals surface area contributed by atoms with Crippen LogP contribution < -0.4 is 5.69 Å². The van der Waals surface area contributed by atoms with Gasteiger partial charge in [-0.15, -0.1) is 11.8 Å². The first-order valence-electron chi connectivity index (χ1n) is 5.61. The van der Waals surface area contributed by atoms with Crippen LogP contribution in [0.1, 0.15) is 29.4 Å². The number of thioether (sulfide) groups is 2. The molecule has 18 heavy (non-hydrogen) atoms. The lowest BCUT2D eigenvalue weighted by Gasteiger charge is -2.06. The summed E-state index contributed by atoms with van der Waals surface area (Å²) in [5, 5.41) is 9.41. The van der Waals surface area contributed by atoms with E-state index in [9.17, 15) is 9.59 Å². The molecular weight excluding hydrogens is 272 g/mol. The summed E-state index contributed by atoms with van der Waals surface area (Å²) in [6.45, 7) is 3.67. The van der Waals surface area contributed by atoms with E-state index < -0.39 is 11.7 Å². The van der Waals surface area contributed by atoms with Gasteiger partial charge in [-0.3, -0.25) is 0 Å². The first-order valence-corrected chi connectivity index (χ1v) is 7.75. The maximum absolute atomic E-state index is 11.2. The fraction of sp³-hybridized carbons (Fsp3) is 0.545. The summed E-state index contributed by atoms with van der Waals surface area (Å²) < 4.78 is 0. The van der Waals surface area contributed by atoms with Crippen molar-refractivity contribution in [1.29, 1.82) is 0 Å². The normalized spacial score (nSPS) is 10.6. The summed E-state index contributed by atoms with van der Waals surface area (Å²) in [5.74, 6) is 1.83. The molecule has 0 spiro atoms. The van der Waals surface area contributed by atoms with Crippen molar-refractivity contribution in [3.63, 3.8) is 0 Å². The number of nitrogens with zero attached hydrogens (tertiary/aromatic N) is 1. The molecule has 2 N–H and O–H groups in total. The Morgan fingerprint density at radius 3 is 2.78 bits per heavy atom. The second-order valence-electron chi connectivity index (χ2n) is 3.55. The van der Waals surface area contributed by atoms with Crippen molar-refractivity contribution in [3.8, 4) is 0 Å². The van der Waals surface area contributed by atoms with Crippen LogP contribution in [0.5, 0.6) is 0 Å². The van der Waals surface area contributed by atoms with E-state index in [1.54, 1.807) is 6.92 Å². The minimum atomic E-state index is -1.05. The van der Waals surface area contributed by atoms with Crippen molar-refractivity contribution in [3.05, 3.63) is 21.7 Å². The molecule has 0 aromatic carbocycles. The highest BCUT2D eigenvalue weighted by Crippen LogP contribution is 2.22. The topological polar surface area (TPSA) is 83.0 Å². The lowest BCUT2D eigenvalue weighted by molar-refractivity contribution is 0.0690. The van der Waals surface area contributed by atoms with E-state index in [0.29, 0.717) is 10.7 Å². The fourth-order valence-corrected chi connectivity index (χ4v) is 3.22. The molecule has 0 atom stereocenters. The van der Waals surface area contributed by atoms with Crippen LogP contribution in [0.15, 0.2) is 9.82 Å². The van der Waals surface area contributed by atoms with E-state index in [1.165, 1.54) is 11.8 Å². The number of carboxylic acids is 1. The average molecular weight is 288 g/mol. The summed E-state index contributed by atoms with van der Waals surface area (Å²) in [6.07, 6.45) is 0.968. The quantitative estimate of drug-likeness (QED) is 0.454. The van der Waals surface area contributed by atoms with Crippen LogP contribution in [0, 0.1) is 6.92 Å². The van der Waals surface area contributed by atoms with Crippen LogP contribution in [0.25, 0.3) is 0 Å². The maximum Gasteiger partial charge on any atom is 0.346 e. The molecule has 0 aliphatic heterocycles. The number of hydrogen-bond donors (Lipinski definition) is 2. The predicted octanol–water partition coefficient (Wildman–Crippen LogP) is 2.01. The molecule has 1 aromatic rings. The second-order valence-corrected chi connectivity index (χ2v) is 6.03. The van der Waals surface area contributed by atoms with Crippen molar-refractivity contribution in [2.24, 2.45) is 0 Å². The van der Waals surface area contributed by atoms with E-state index in [2.05, 4.69) is 16.9 Å². The van der Waals surface area contributed by atoms with Gasteiger partial charge in [0.25, 0.3) is 0 Å². The molecule has 0 amide bonds. The Kier molecular flexibility index (Phi) is 6.28. The van der Waals surface area contributed by atoms with E-state index in [1.807, 2.05) is 11.8 Å². The number of nitrogens with one attached hydrogen (secondary N) is 1. The van der Waals surface area contributed by atoms with E-state index in [0.717, 1.165) is 23.7 Å². The van der Waals surface area contributed by atoms with Crippen molar-refractivity contribution in [1.82, 2.24) is 9.97 Å². The molecule has 0 radical (unpaired) electrons. The molecule has 1 heterocycles. The number of rotatable bonds is 7. The van der Waals surface area contributed by atoms with E-state index >= 15 is 0 Å². The first-order chi connectivity index (χ1) is 8.56. The molecule has 0 bridgehead atoms. The van der Waals surface area contributed by atoms with Crippen molar-refractivity contribution in [2.75, 3.05) is 17.3 Å². The monoisotopic (exact) mass is 288 g/mol. The zero-order chi connectivity index (χ0) is 13.5. The number of carbonyl (C=O) groups is 1. The van der Waals surface area contributed by atoms with Crippen LogP contribution in [-0.4, -0.2) is 38.3 Å². The Morgan fingerprint density at radius 1 is 1.44 bits per heavy atom. The highest BCUT2D eigenvalue weighted by molar-refractivity contribution is 8.00. The zero-order valence-corrected chi connectivity index (χ0v) is 12.0. The number of aromatic amines is 1. The first kappa shape index (κ1) is 15.1. The van der Waals surface area contributed by atoms with Crippen LogP contribution in [0.3, 0.4) is 0 Å². The molecule has 0 fully saturated rings. The van der Waals surface area contributed by atoms with Gasteiger partial charge in [0.2, 0.25) is 0 Å². The zero-order valence-electron chi connectivity index (χ0n) is 10.4. The summed E-state index contributed by atoms with van der Waals surface area (Å²) in [7, 11) is 0. The van der Waals surface area contributed by atoms with Gasteiger partial charge in [-0.2, -0.15) is 16.7 Å². The fourth-order valence-electron chi connectivity index (χ4n) is 1.39. The molecular formula is C11H16N2O3S2. The Bertz CT molecular complexity index is 474. The van der Waals surface area contributed by atoms with E-state index in [-0.39, 0.29) is 5.56 Å². The Morgan fingerprint density at radius 2 is 2.17 bits per heavy atom. The molecule has 0 saturated carbocycles. The Balaban J connectivity index is 2.74. The van der Waals surface area contributed by atoms with Crippen molar-refractivity contribution >= 4 is 29.5 Å². The van der Waals surface area contributed by atoms with Gasteiger partial charge in [-0.25, -0.2) is 9.59 Å². The second kappa shape index (κ2) is 7.48. The van der Waals surface area contributed by atoms with Gasteiger partial charge < -0.3 is 10.1 Å². The van der Waals surface area contributed by atoms with Crippen LogP contribution in [-0.2, 0) is 0 Å². The van der Waals surface area contributed by atoms with Gasteiger partial charge in [-0.1, -0.05) is 6.92 Å². The molecule has 100 valence electrons. The number of aromatic carboxylic acids is 1. The maximum atomic E-state index is 11.2. The van der Waals surface area contributed by atoms with Gasteiger partial charge in [-0.05, 0) is 24.9 Å².